The molecule has 1 N–H and O–H groups in total. The third-order valence-electron chi connectivity index (χ3n) is 4.77. The molecule has 2 aliphatic carbocycles. The highest BCUT2D eigenvalue weighted by Gasteiger charge is 2.40. The molecule has 0 saturated heterocycles. The molecule has 0 radical (unpaired) electrons. The van der Waals surface area contributed by atoms with Crippen molar-refractivity contribution in [1.29, 1.82) is 5.26 Å². The summed E-state index contributed by atoms with van der Waals surface area (Å²) in [6.07, 6.45) is 6.89. The van der Waals surface area contributed by atoms with Gasteiger partial charge in [-0.05, 0) is 42.7 Å². The molecule has 2 saturated carbocycles. The van der Waals surface area contributed by atoms with Gasteiger partial charge in [0.25, 0.3) is 0 Å². The van der Waals surface area contributed by atoms with Gasteiger partial charge in [0.15, 0.2) is 0 Å². The summed E-state index contributed by atoms with van der Waals surface area (Å²) in [5.74, 6) is 0.691. The molecular weight excluding hydrogens is 234 g/mol. The maximum atomic E-state index is 10.7. The van der Waals surface area contributed by atoms with Gasteiger partial charge in [0.2, 0.25) is 0 Å². The van der Waals surface area contributed by atoms with E-state index in [1.807, 2.05) is 12.1 Å². The Morgan fingerprint density at radius 3 is 2.58 bits per heavy atom. The van der Waals surface area contributed by atoms with Crippen molar-refractivity contribution in [2.75, 3.05) is 0 Å². The molecule has 2 fully saturated rings. The number of nitriles is 1. The van der Waals surface area contributed by atoms with Crippen LogP contribution in [0.1, 0.15) is 68.1 Å². The first-order valence-electron chi connectivity index (χ1n) is 7.44. The van der Waals surface area contributed by atoms with E-state index in [1.165, 1.54) is 24.8 Å². The maximum Gasteiger partial charge on any atom is 0.0976 e. The van der Waals surface area contributed by atoms with E-state index in [0.717, 1.165) is 31.2 Å². The zero-order chi connectivity index (χ0) is 13.3. The Hall–Kier alpha value is -1.33. The Bertz CT molecular complexity index is 492. The van der Waals surface area contributed by atoms with Crippen molar-refractivity contribution in [2.24, 2.45) is 5.41 Å². The van der Waals surface area contributed by atoms with Gasteiger partial charge in [-0.25, -0.2) is 0 Å². The van der Waals surface area contributed by atoms with Gasteiger partial charge in [0.1, 0.15) is 0 Å². The van der Waals surface area contributed by atoms with E-state index in [9.17, 15) is 10.4 Å². The zero-order valence-corrected chi connectivity index (χ0v) is 11.3. The number of rotatable bonds is 3. The molecule has 1 aromatic carbocycles. The Balaban J connectivity index is 1.87. The molecule has 1 unspecified atom stereocenters. The van der Waals surface area contributed by atoms with Gasteiger partial charge in [0, 0.05) is 0 Å². The van der Waals surface area contributed by atoms with Gasteiger partial charge in [-0.3, -0.25) is 0 Å². The number of aliphatic hydroxyl groups excluding tert-OH is 1. The highest BCUT2D eigenvalue weighted by molar-refractivity contribution is 5.32. The second-order valence-corrected chi connectivity index (χ2v) is 6.18. The van der Waals surface area contributed by atoms with E-state index in [2.05, 4.69) is 18.2 Å². The molecule has 0 bridgehead atoms. The lowest BCUT2D eigenvalue weighted by Crippen LogP contribution is -2.30. The lowest BCUT2D eigenvalue weighted by Gasteiger charge is -2.35. The fourth-order valence-electron chi connectivity index (χ4n) is 3.35. The summed E-state index contributed by atoms with van der Waals surface area (Å²) in [6, 6.07) is 10.7. The number of nitrogens with zero attached hydrogens (tertiary/aromatic N) is 1. The van der Waals surface area contributed by atoms with Crippen LogP contribution in [0.2, 0.25) is 0 Å². The fourth-order valence-corrected chi connectivity index (χ4v) is 3.35. The first-order chi connectivity index (χ1) is 9.25. The summed E-state index contributed by atoms with van der Waals surface area (Å²) in [5.41, 5.74) is 1.72. The number of aliphatic hydroxyl groups is 1. The van der Waals surface area contributed by atoms with Gasteiger partial charge in [-0.1, -0.05) is 43.5 Å². The maximum absolute atomic E-state index is 10.7. The average molecular weight is 255 g/mol. The monoisotopic (exact) mass is 255 g/mol. The van der Waals surface area contributed by atoms with Crippen LogP contribution in [0.25, 0.3) is 0 Å². The fraction of sp³-hybridized carbons (Fsp3) is 0.588. The summed E-state index contributed by atoms with van der Waals surface area (Å²) in [7, 11) is 0. The molecule has 3 rings (SSSR count). The first kappa shape index (κ1) is 12.7. The molecule has 1 aromatic rings. The summed E-state index contributed by atoms with van der Waals surface area (Å²) < 4.78 is 0. The minimum atomic E-state index is -0.628. The molecule has 0 aromatic heterocycles. The third-order valence-corrected chi connectivity index (χ3v) is 4.77. The highest BCUT2D eigenvalue weighted by Crippen LogP contribution is 2.47. The van der Waals surface area contributed by atoms with Gasteiger partial charge in [0.05, 0.1) is 17.6 Å². The number of hydrogen-bond donors (Lipinski definition) is 1. The quantitative estimate of drug-likeness (QED) is 0.884. The topological polar surface area (TPSA) is 44.0 Å². The molecule has 0 spiro atoms. The standard InChI is InChI=1S/C17H21NO/c18-12-17(9-2-1-3-10-17)16(19)15-6-4-5-14(11-15)13-7-8-13/h4-6,11,13,16,19H,1-3,7-10H2. The largest absolute Gasteiger partial charge is 0.387 e. The van der Waals surface area contributed by atoms with Crippen LogP contribution >= 0.6 is 0 Å². The molecule has 0 aliphatic heterocycles. The molecule has 0 amide bonds. The lowest BCUT2D eigenvalue weighted by atomic mass is 9.69. The molecule has 19 heavy (non-hydrogen) atoms. The number of hydrogen-bond acceptors (Lipinski definition) is 2. The van der Waals surface area contributed by atoms with E-state index < -0.39 is 11.5 Å². The van der Waals surface area contributed by atoms with Crippen LogP contribution < -0.4 is 0 Å². The molecule has 100 valence electrons. The van der Waals surface area contributed by atoms with Crippen molar-refractivity contribution in [3.63, 3.8) is 0 Å². The van der Waals surface area contributed by atoms with Crippen LogP contribution in [0.15, 0.2) is 24.3 Å². The van der Waals surface area contributed by atoms with Crippen LogP contribution in [-0.4, -0.2) is 5.11 Å². The van der Waals surface area contributed by atoms with E-state index >= 15 is 0 Å². The van der Waals surface area contributed by atoms with Crippen molar-refractivity contribution in [3.8, 4) is 6.07 Å². The molecule has 0 heterocycles. The van der Waals surface area contributed by atoms with E-state index in [1.54, 1.807) is 0 Å². The summed E-state index contributed by atoms with van der Waals surface area (Å²) >= 11 is 0. The predicted octanol–water partition coefficient (Wildman–Crippen LogP) is 4.07. The van der Waals surface area contributed by atoms with E-state index in [0.29, 0.717) is 5.92 Å². The highest BCUT2D eigenvalue weighted by atomic mass is 16.3. The molecule has 2 heteroatoms. The van der Waals surface area contributed by atoms with Gasteiger partial charge in [-0.2, -0.15) is 5.26 Å². The Kier molecular flexibility index (Phi) is 3.33. The SMILES string of the molecule is N#CC1(C(O)c2cccc(C3CC3)c2)CCCCC1. The summed E-state index contributed by atoms with van der Waals surface area (Å²) in [5, 5.41) is 20.3. The zero-order valence-electron chi connectivity index (χ0n) is 11.3. The van der Waals surface area contributed by atoms with Crippen LogP contribution in [0.3, 0.4) is 0 Å². The second kappa shape index (κ2) is 4.98. The van der Waals surface area contributed by atoms with Crippen LogP contribution in [0, 0.1) is 16.7 Å². The predicted molar refractivity (Wildman–Crippen MR) is 74.5 cm³/mol. The average Bonchev–Trinajstić information content (AvgIpc) is 3.32. The Morgan fingerprint density at radius 2 is 1.95 bits per heavy atom. The second-order valence-electron chi connectivity index (χ2n) is 6.18. The Labute approximate surface area is 115 Å². The van der Waals surface area contributed by atoms with Crippen molar-refractivity contribution in [3.05, 3.63) is 35.4 Å². The van der Waals surface area contributed by atoms with Gasteiger partial charge in [-0.15, -0.1) is 0 Å². The van der Waals surface area contributed by atoms with Crippen molar-refractivity contribution in [2.45, 2.75) is 57.0 Å². The third kappa shape index (κ3) is 2.40. The molecule has 2 nitrogen and oxygen atoms in total. The lowest BCUT2D eigenvalue weighted by molar-refractivity contribution is 0.0359. The minimum absolute atomic E-state index is 0.555. The van der Waals surface area contributed by atoms with Crippen molar-refractivity contribution < 1.29 is 5.11 Å². The van der Waals surface area contributed by atoms with Crippen LogP contribution in [0.4, 0.5) is 0 Å². The Morgan fingerprint density at radius 1 is 1.21 bits per heavy atom. The van der Waals surface area contributed by atoms with Crippen molar-refractivity contribution in [1.82, 2.24) is 0 Å². The smallest absolute Gasteiger partial charge is 0.0976 e. The van der Waals surface area contributed by atoms with Crippen LogP contribution in [0.5, 0.6) is 0 Å². The van der Waals surface area contributed by atoms with Crippen LogP contribution in [-0.2, 0) is 0 Å². The minimum Gasteiger partial charge on any atom is -0.387 e. The summed E-state index contributed by atoms with van der Waals surface area (Å²) in [6.45, 7) is 0. The van der Waals surface area contributed by atoms with Crippen molar-refractivity contribution >= 4 is 0 Å². The molecule has 1 atom stereocenters. The molecule has 2 aliphatic rings. The molecular formula is C17H21NO. The number of benzene rings is 1. The summed E-state index contributed by atoms with van der Waals surface area (Å²) in [4.78, 5) is 0. The van der Waals surface area contributed by atoms with E-state index in [4.69, 9.17) is 0 Å². The normalized spacial score (nSPS) is 23.6. The van der Waals surface area contributed by atoms with Gasteiger partial charge < -0.3 is 5.11 Å². The first-order valence-corrected chi connectivity index (χ1v) is 7.44. The van der Waals surface area contributed by atoms with E-state index in [-0.39, 0.29) is 0 Å². The van der Waals surface area contributed by atoms with Gasteiger partial charge >= 0.3 is 0 Å².